The summed E-state index contributed by atoms with van der Waals surface area (Å²) >= 11 is 1.39. The number of alkyl halides is 3. The summed E-state index contributed by atoms with van der Waals surface area (Å²) in [5, 5.41) is 15.3. The molecule has 2 heterocycles. The third kappa shape index (κ3) is 5.20. The smallest absolute Gasteiger partial charge is 0.475 e. The molecule has 1 saturated heterocycles. The van der Waals surface area contributed by atoms with Crippen LogP contribution in [-0.2, 0) is 14.3 Å². The van der Waals surface area contributed by atoms with Crippen LogP contribution in [0.3, 0.4) is 0 Å². The van der Waals surface area contributed by atoms with E-state index in [1.165, 1.54) is 23.5 Å². The molecular weight excluding hydrogens is 430 g/mol. The molecule has 1 aliphatic heterocycles. The van der Waals surface area contributed by atoms with Crippen molar-refractivity contribution in [3.63, 3.8) is 0 Å². The topological polar surface area (TPSA) is 101 Å². The lowest BCUT2D eigenvalue weighted by atomic mass is 10.1. The largest absolute Gasteiger partial charge is 0.490 e. The number of carbonyl (C=O) groups is 2. The molecule has 0 unspecified atom stereocenters. The van der Waals surface area contributed by atoms with Crippen LogP contribution in [0.2, 0.25) is 0 Å². The average Bonchev–Trinajstić information content (AvgIpc) is 3.11. The number of carboxylic acid groups (broad SMARTS) is 1. The molecule has 2 aromatic carbocycles. The van der Waals surface area contributed by atoms with Crippen LogP contribution in [0.5, 0.6) is 0 Å². The molecule has 0 bridgehead atoms. The zero-order valence-corrected chi connectivity index (χ0v) is 15.9. The van der Waals surface area contributed by atoms with Crippen molar-refractivity contribution in [3.8, 4) is 0 Å². The SMILES string of the molecule is O=C(Nc1nc2ccc3cc(F)ccc3c2s1)[C@H]1COCCN1.O=C(O)C(F)(F)F. The molecule has 1 aromatic heterocycles. The maximum atomic E-state index is 13.3. The van der Waals surface area contributed by atoms with Gasteiger partial charge in [0.15, 0.2) is 5.13 Å². The Labute approximate surface area is 170 Å². The number of carbonyl (C=O) groups excluding carboxylic acids is 1. The van der Waals surface area contributed by atoms with E-state index in [1.807, 2.05) is 12.1 Å². The molecule has 3 N–H and O–H groups in total. The van der Waals surface area contributed by atoms with Crippen LogP contribution in [0.15, 0.2) is 30.3 Å². The number of hydrogen-bond acceptors (Lipinski definition) is 6. The number of aliphatic carboxylic acids is 1. The highest BCUT2D eigenvalue weighted by Gasteiger charge is 2.38. The van der Waals surface area contributed by atoms with Crippen LogP contribution in [0, 0.1) is 5.82 Å². The molecule has 0 aliphatic carbocycles. The minimum Gasteiger partial charge on any atom is -0.475 e. The first-order valence-corrected chi connectivity index (χ1v) is 9.37. The fourth-order valence-electron chi connectivity index (χ4n) is 2.66. The van der Waals surface area contributed by atoms with Gasteiger partial charge in [-0.1, -0.05) is 17.4 Å². The number of thiazole rings is 1. The molecular formula is C18H15F4N3O4S. The van der Waals surface area contributed by atoms with E-state index in [-0.39, 0.29) is 17.8 Å². The molecule has 12 heteroatoms. The Bertz CT molecular complexity index is 1080. The maximum absolute atomic E-state index is 13.3. The molecule has 1 fully saturated rings. The fourth-order valence-corrected chi connectivity index (χ4v) is 3.67. The number of amides is 1. The number of nitrogens with zero attached hydrogens (tertiary/aromatic N) is 1. The van der Waals surface area contributed by atoms with E-state index >= 15 is 0 Å². The summed E-state index contributed by atoms with van der Waals surface area (Å²) in [4.78, 5) is 25.6. The number of aromatic nitrogens is 1. The Morgan fingerprint density at radius 3 is 2.63 bits per heavy atom. The van der Waals surface area contributed by atoms with E-state index in [0.29, 0.717) is 24.9 Å². The number of halogens is 4. The van der Waals surface area contributed by atoms with Crippen LogP contribution in [-0.4, -0.2) is 53.9 Å². The summed E-state index contributed by atoms with van der Waals surface area (Å²) in [6, 6.07) is 7.99. The van der Waals surface area contributed by atoms with Crippen molar-refractivity contribution >= 4 is 49.3 Å². The molecule has 160 valence electrons. The molecule has 3 aromatic rings. The number of fused-ring (bicyclic) bond motifs is 3. The third-order valence-electron chi connectivity index (χ3n) is 4.04. The summed E-state index contributed by atoms with van der Waals surface area (Å²) in [5.41, 5.74) is 0.789. The van der Waals surface area contributed by atoms with Gasteiger partial charge in [-0.2, -0.15) is 13.2 Å². The highest BCUT2D eigenvalue weighted by atomic mass is 32.1. The number of morpholine rings is 1. The zero-order chi connectivity index (χ0) is 21.9. The molecule has 0 radical (unpaired) electrons. The standard InChI is InChI=1S/C16H14FN3O2S.C2HF3O2/c17-10-2-3-11-9(7-10)1-4-12-14(11)23-16(19-12)20-15(21)13-8-22-6-5-18-13;3-2(4,5)1(6)7/h1-4,7,13,18H,5-6,8H2,(H,19,20,21);(H,6,7)/t13-;/m1./s1. The molecule has 0 spiro atoms. The molecule has 1 aliphatic rings. The van der Waals surface area contributed by atoms with E-state index in [1.54, 1.807) is 6.07 Å². The van der Waals surface area contributed by atoms with Crippen LogP contribution in [0.1, 0.15) is 0 Å². The molecule has 1 atom stereocenters. The van der Waals surface area contributed by atoms with Crippen molar-refractivity contribution in [1.82, 2.24) is 10.3 Å². The Morgan fingerprint density at radius 2 is 2.00 bits per heavy atom. The van der Waals surface area contributed by atoms with Gasteiger partial charge in [-0.3, -0.25) is 4.79 Å². The fraction of sp³-hybridized carbons (Fsp3) is 0.278. The minimum atomic E-state index is -5.08. The second-order valence-electron chi connectivity index (χ2n) is 6.17. The van der Waals surface area contributed by atoms with Crippen molar-refractivity contribution in [2.75, 3.05) is 25.1 Å². The van der Waals surface area contributed by atoms with E-state index in [9.17, 15) is 22.4 Å². The van der Waals surface area contributed by atoms with Crippen LogP contribution in [0.4, 0.5) is 22.7 Å². The predicted molar refractivity (Wildman–Crippen MR) is 102 cm³/mol. The van der Waals surface area contributed by atoms with Crippen LogP contribution < -0.4 is 10.6 Å². The van der Waals surface area contributed by atoms with Gasteiger partial charge in [-0.15, -0.1) is 0 Å². The highest BCUT2D eigenvalue weighted by molar-refractivity contribution is 7.23. The van der Waals surface area contributed by atoms with Crippen molar-refractivity contribution in [3.05, 3.63) is 36.1 Å². The second-order valence-corrected chi connectivity index (χ2v) is 7.17. The van der Waals surface area contributed by atoms with Gasteiger partial charge in [-0.25, -0.2) is 14.2 Å². The van der Waals surface area contributed by atoms with Gasteiger partial charge in [0.05, 0.1) is 23.4 Å². The number of rotatable bonds is 2. The van der Waals surface area contributed by atoms with Crippen molar-refractivity contribution in [2.45, 2.75) is 12.2 Å². The normalized spacial score (nSPS) is 16.7. The summed E-state index contributed by atoms with van der Waals surface area (Å²) < 4.78 is 51.3. The molecule has 4 rings (SSSR count). The van der Waals surface area contributed by atoms with Gasteiger partial charge in [0, 0.05) is 11.9 Å². The minimum absolute atomic E-state index is 0.154. The number of anilines is 1. The van der Waals surface area contributed by atoms with Gasteiger partial charge >= 0.3 is 12.1 Å². The number of hydrogen-bond donors (Lipinski definition) is 3. The summed E-state index contributed by atoms with van der Waals surface area (Å²) in [5.74, 6) is -3.18. The van der Waals surface area contributed by atoms with Crippen LogP contribution in [0.25, 0.3) is 21.0 Å². The zero-order valence-electron chi connectivity index (χ0n) is 15.1. The van der Waals surface area contributed by atoms with E-state index in [0.717, 1.165) is 21.0 Å². The lowest BCUT2D eigenvalue weighted by molar-refractivity contribution is -0.192. The quantitative estimate of drug-likeness (QED) is 0.524. The van der Waals surface area contributed by atoms with Gasteiger partial charge in [0.2, 0.25) is 5.91 Å². The van der Waals surface area contributed by atoms with Crippen LogP contribution >= 0.6 is 11.3 Å². The third-order valence-corrected chi connectivity index (χ3v) is 5.06. The monoisotopic (exact) mass is 445 g/mol. The summed E-state index contributed by atoms with van der Waals surface area (Å²) in [6.45, 7) is 1.64. The molecule has 30 heavy (non-hydrogen) atoms. The van der Waals surface area contributed by atoms with Crippen molar-refractivity contribution in [2.24, 2.45) is 0 Å². The Balaban J connectivity index is 0.000000318. The maximum Gasteiger partial charge on any atom is 0.490 e. The first-order valence-electron chi connectivity index (χ1n) is 8.56. The van der Waals surface area contributed by atoms with Gasteiger partial charge in [0.25, 0.3) is 0 Å². The predicted octanol–water partition coefficient (Wildman–Crippen LogP) is 3.15. The number of benzene rings is 2. The van der Waals surface area contributed by atoms with Gasteiger partial charge < -0.3 is 20.5 Å². The molecule has 0 saturated carbocycles. The lowest BCUT2D eigenvalue weighted by Crippen LogP contribution is -2.48. The lowest BCUT2D eigenvalue weighted by Gasteiger charge is -2.22. The highest BCUT2D eigenvalue weighted by Crippen LogP contribution is 2.33. The van der Waals surface area contributed by atoms with Gasteiger partial charge in [-0.05, 0) is 29.7 Å². The molecule has 7 nitrogen and oxygen atoms in total. The summed E-state index contributed by atoms with van der Waals surface area (Å²) in [6.07, 6.45) is -5.08. The molecule has 1 amide bonds. The first kappa shape index (κ1) is 21.9. The number of nitrogens with one attached hydrogen (secondary N) is 2. The average molecular weight is 445 g/mol. The van der Waals surface area contributed by atoms with E-state index in [4.69, 9.17) is 14.6 Å². The first-order chi connectivity index (χ1) is 14.1. The van der Waals surface area contributed by atoms with Crippen molar-refractivity contribution < 1.29 is 37.0 Å². The Hall–Kier alpha value is -2.83. The summed E-state index contributed by atoms with van der Waals surface area (Å²) in [7, 11) is 0. The number of carboxylic acids is 1. The van der Waals surface area contributed by atoms with Gasteiger partial charge in [0.1, 0.15) is 11.9 Å². The van der Waals surface area contributed by atoms with Crippen molar-refractivity contribution in [1.29, 1.82) is 0 Å². The second kappa shape index (κ2) is 8.90. The Kier molecular flexibility index (Phi) is 6.48. The van der Waals surface area contributed by atoms with E-state index < -0.39 is 12.1 Å². The Morgan fingerprint density at radius 1 is 1.27 bits per heavy atom. The number of ether oxygens (including phenoxy) is 1. The van der Waals surface area contributed by atoms with E-state index in [2.05, 4.69) is 15.6 Å².